The van der Waals surface area contributed by atoms with E-state index < -0.39 is 0 Å². The molecule has 0 aliphatic heterocycles. The van der Waals surface area contributed by atoms with E-state index in [-0.39, 0.29) is 15.4 Å². The van der Waals surface area contributed by atoms with Gasteiger partial charge in [-0.15, -0.1) is 0 Å². The molecule has 0 N–H and O–H groups in total. The second-order valence-corrected chi connectivity index (χ2v) is 19.0. The Kier molecular flexibility index (Phi) is 11.6. The summed E-state index contributed by atoms with van der Waals surface area (Å²) in [5.41, 5.74) is 13.3. The summed E-state index contributed by atoms with van der Waals surface area (Å²) in [4.78, 5) is 0. The van der Waals surface area contributed by atoms with E-state index >= 15 is 0 Å². The molecule has 0 nitrogen and oxygen atoms in total. The fourth-order valence-corrected chi connectivity index (χ4v) is 7.71. The molecule has 0 aliphatic rings. The number of hydrogen-bond donors (Lipinski definition) is 0. The Hall–Kier alpha value is -1.80. The number of benzene rings is 3. The van der Waals surface area contributed by atoms with Gasteiger partial charge in [0, 0.05) is 0 Å². The molecule has 0 spiro atoms. The Bertz CT molecular complexity index is 1210. The fraction of sp³-hybridized carbons (Fsp3) is 0.526. The van der Waals surface area contributed by atoms with Gasteiger partial charge in [0.15, 0.2) is 0 Å². The maximum absolute atomic E-state index is 2.52. The molecule has 39 heavy (non-hydrogen) atoms. The van der Waals surface area contributed by atoms with Crippen molar-refractivity contribution in [2.75, 3.05) is 0 Å². The zero-order valence-corrected chi connectivity index (χ0v) is 28.8. The van der Waals surface area contributed by atoms with Crippen molar-refractivity contribution >= 4 is 15.4 Å². The summed E-state index contributed by atoms with van der Waals surface area (Å²) in [7, 11) is 0. The molecule has 3 aromatic rings. The van der Waals surface area contributed by atoms with Crippen LogP contribution in [0.5, 0.6) is 0 Å². The van der Waals surface area contributed by atoms with Gasteiger partial charge in [-0.3, -0.25) is 0 Å². The minimum Gasteiger partial charge on any atom is -0.0625 e. The van der Waals surface area contributed by atoms with Gasteiger partial charge in [-0.1, -0.05) is 19.9 Å². The normalized spacial score (nSPS) is 12.2. The average molecular weight is 583 g/mol. The van der Waals surface area contributed by atoms with Gasteiger partial charge in [-0.2, -0.15) is 0 Å². The average Bonchev–Trinajstić information content (AvgIpc) is 2.75. The van der Waals surface area contributed by atoms with Gasteiger partial charge in [-0.05, 0) is 19.3 Å². The van der Waals surface area contributed by atoms with Gasteiger partial charge >= 0.3 is 210 Å². The van der Waals surface area contributed by atoms with E-state index in [4.69, 9.17) is 0 Å². The van der Waals surface area contributed by atoms with Crippen LogP contribution in [0.2, 0.25) is 4.25 Å². The molecular formula is C38H54Ge. The molecule has 0 saturated heterocycles. The van der Waals surface area contributed by atoms with Crippen LogP contribution < -0.4 is 0 Å². The van der Waals surface area contributed by atoms with E-state index in [0.717, 1.165) is 25.7 Å². The first-order chi connectivity index (χ1) is 18.2. The third kappa shape index (κ3) is 11.7. The molecule has 2 radical (unpaired) electrons. The maximum atomic E-state index is 2.52. The molecule has 0 aliphatic carbocycles. The first-order valence-corrected chi connectivity index (χ1v) is 17.8. The number of rotatable bonds is 12. The monoisotopic (exact) mass is 584 g/mol. The Morgan fingerprint density at radius 3 is 1.21 bits per heavy atom. The van der Waals surface area contributed by atoms with Gasteiger partial charge in [0.05, 0.1) is 0 Å². The minimum atomic E-state index is -0.0141. The Balaban J connectivity index is 1.94. The summed E-state index contributed by atoms with van der Waals surface area (Å²) in [6, 6.07) is 22.2. The summed E-state index contributed by atoms with van der Waals surface area (Å²) < 4.78 is 0.485. The van der Waals surface area contributed by atoms with Gasteiger partial charge < -0.3 is 0 Å². The topological polar surface area (TPSA) is 0 Å². The molecular weight excluding hydrogens is 529 g/mol. The van der Waals surface area contributed by atoms with Gasteiger partial charge in [-0.25, -0.2) is 0 Å². The van der Waals surface area contributed by atoms with Crippen molar-refractivity contribution in [3.8, 4) is 0 Å². The molecule has 3 aromatic carbocycles. The number of aryl methyl sites for hydroxylation is 1. The third-order valence-corrected chi connectivity index (χ3v) is 10.4. The second-order valence-electron chi connectivity index (χ2n) is 14.4. The molecule has 0 heterocycles. The molecule has 0 unspecified atom stereocenters. The van der Waals surface area contributed by atoms with Crippen molar-refractivity contribution in [3.63, 3.8) is 0 Å². The van der Waals surface area contributed by atoms with E-state index in [1.807, 2.05) is 0 Å². The minimum absolute atomic E-state index is 0.0141. The molecule has 0 aromatic heterocycles. The van der Waals surface area contributed by atoms with Crippen LogP contribution in [0.25, 0.3) is 0 Å². The predicted octanol–water partition coefficient (Wildman–Crippen LogP) is 10.2. The van der Waals surface area contributed by atoms with E-state index in [2.05, 4.69) is 124 Å². The SMILES string of the molecule is Cc1cc(Cc2cc(Cc3cc([CH2][Ge][C](C)(C)C)cc(CC(C)C)c3)cc(CC(C)C)c2)cc(CC(C)C)c1. The van der Waals surface area contributed by atoms with Crippen LogP contribution in [0.3, 0.4) is 0 Å². The molecule has 0 amide bonds. The molecule has 0 fully saturated rings. The molecule has 210 valence electrons. The summed E-state index contributed by atoms with van der Waals surface area (Å²) in [6.07, 6.45) is 5.50. The zero-order chi connectivity index (χ0) is 28.7. The van der Waals surface area contributed by atoms with Crippen molar-refractivity contribution in [3.05, 3.63) is 105 Å². The summed E-state index contributed by atoms with van der Waals surface area (Å²) in [5.74, 6) is 2.03. The van der Waals surface area contributed by atoms with Crippen LogP contribution in [0.4, 0.5) is 0 Å². The van der Waals surface area contributed by atoms with Crippen molar-refractivity contribution in [2.24, 2.45) is 17.8 Å². The van der Waals surface area contributed by atoms with Gasteiger partial charge in [0.1, 0.15) is 0 Å². The quantitative estimate of drug-likeness (QED) is 0.186. The summed E-state index contributed by atoms with van der Waals surface area (Å²) in [6.45, 7) is 23.5. The Morgan fingerprint density at radius 1 is 0.487 bits per heavy atom. The van der Waals surface area contributed by atoms with E-state index in [1.165, 1.54) is 56.2 Å². The molecule has 0 atom stereocenters. The van der Waals surface area contributed by atoms with E-state index in [1.54, 1.807) is 5.56 Å². The van der Waals surface area contributed by atoms with Crippen LogP contribution in [0.15, 0.2) is 54.6 Å². The van der Waals surface area contributed by atoms with Crippen LogP contribution in [-0.4, -0.2) is 15.4 Å². The van der Waals surface area contributed by atoms with Crippen molar-refractivity contribution in [1.82, 2.24) is 0 Å². The van der Waals surface area contributed by atoms with Crippen LogP contribution in [0, 0.1) is 24.7 Å². The summed E-state index contributed by atoms with van der Waals surface area (Å²) >= 11 is -0.0141. The van der Waals surface area contributed by atoms with Gasteiger partial charge in [0.2, 0.25) is 0 Å². The predicted molar refractivity (Wildman–Crippen MR) is 174 cm³/mol. The fourth-order valence-electron chi connectivity index (χ4n) is 5.74. The van der Waals surface area contributed by atoms with E-state index in [0.29, 0.717) is 22.0 Å². The van der Waals surface area contributed by atoms with Crippen molar-refractivity contribution in [1.29, 1.82) is 0 Å². The number of hydrogen-bond acceptors (Lipinski definition) is 0. The van der Waals surface area contributed by atoms with Crippen LogP contribution in [-0.2, 0) is 37.4 Å². The first-order valence-electron chi connectivity index (χ1n) is 15.3. The molecule has 0 bridgehead atoms. The van der Waals surface area contributed by atoms with Crippen LogP contribution >= 0.6 is 0 Å². The van der Waals surface area contributed by atoms with Crippen molar-refractivity contribution in [2.45, 2.75) is 111 Å². The summed E-state index contributed by atoms with van der Waals surface area (Å²) in [5, 5.41) is 1.28. The zero-order valence-electron chi connectivity index (χ0n) is 26.7. The second kappa shape index (κ2) is 14.2. The Morgan fingerprint density at radius 2 is 0.795 bits per heavy atom. The van der Waals surface area contributed by atoms with Crippen LogP contribution in [0.1, 0.15) is 112 Å². The third-order valence-electron chi connectivity index (χ3n) is 6.99. The van der Waals surface area contributed by atoms with Gasteiger partial charge in [0.25, 0.3) is 0 Å². The molecule has 1 heteroatoms. The standard InChI is InChI=1S/C38H54Ge/c1-26(2)11-30-14-29(7)15-33(16-30)20-34-17-31(12-27(3)4)18-35(21-34)22-36-19-32(13-28(5)6)23-37(24-36)25-39-38(8,9)10/h14-19,21,23-24,26-28H,11-13,20,22,25H2,1-10H3. The van der Waals surface area contributed by atoms with Crippen molar-refractivity contribution < 1.29 is 0 Å². The molecule has 3 rings (SSSR count). The molecule has 0 saturated carbocycles. The Labute approximate surface area is 247 Å². The smallest absolute Gasteiger partial charge is 0.0625 e. The first kappa shape index (κ1) is 31.7. The van der Waals surface area contributed by atoms with E-state index in [9.17, 15) is 0 Å².